The van der Waals surface area contributed by atoms with E-state index < -0.39 is 10.0 Å². The number of hydrogen-bond donors (Lipinski definition) is 3. The van der Waals surface area contributed by atoms with Crippen LogP contribution < -0.4 is 10.5 Å². The molecule has 2 aromatic heterocycles. The molecule has 0 saturated heterocycles. The molecule has 0 bridgehead atoms. The Morgan fingerprint density at radius 3 is 2.88 bits per heavy atom. The third-order valence-electron chi connectivity index (χ3n) is 2.12. The molecule has 4 N–H and O–H groups in total. The average molecular weight is 256 g/mol. The second-order valence-electron chi connectivity index (χ2n) is 3.45. The van der Waals surface area contributed by atoms with E-state index >= 15 is 0 Å². The first-order valence-electron chi connectivity index (χ1n) is 4.75. The zero-order valence-corrected chi connectivity index (χ0v) is 9.90. The fraction of sp³-hybridized carbons (Fsp3) is 0.250. The first kappa shape index (κ1) is 11.6. The maximum Gasteiger partial charge on any atom is 0.246 e. The van der Waals surface area contributed by atoms with Gasteiger partial charge >= 0.3 is 0 Å². The molecule has 17 heavy (non-hydrogen) atoms. The van der Waals surface area contributed by atoms with Gasteiger partial charge in [-0.05, 0) is 0 Å². The Bertz CT molecular complexity index is 600. The van der Waals surface area contributed by atoms with Crippen LogP contribution in [0.4, 0.5) is 5.82 Å². The number of rotatable bonds is 4. The van der Waals surface area contributed by atoms with E-state index in [2.05, 4.69) is 19.8 Å². The van der Waals surface area contributed by atoms with E-state index in [1.807, 2.05) is 0 Å². The van der Waals surface area contributed by atoms with Gasteiger partial charge in [0.2, 0.25) is 10.0 Å². The molecule has 0 fully saturated rings. The summed E-state index contributed by atoms with van der Waals surface area (Å²) < 4.78 is 27.5. The number of anilines is 1. The van der Waals surface area contributed by atoms with E-state index in [0.717, 1.165) is 0 Å². The summed E-state index contributed by atoms with van der Waals surface area (Å²) in [6.07, 6.45) is 4.36. The van der Waals surface area contributed by atoms with Crippen LogP contribution in [0.2, 0.25) is 0 Å². The Labute approximate surface area is 97.9 Å². The number of nitrogens with one attached hydrogen (secondary N) is 2. The molecule has 0 radical (unpaired) electrons. The van der Waals surface area contributed by atoms with E-state index in [1.165, 1.54) is 23.4 Å². The predicted molar refractivity (Wildman–Crippen MR) is 60.2 cm³/mol. The highest BCUT2D eigenvalue weighted by Crippen LogP contribution is 2.15. The molecule has 2 aromatic rings. The summed E-state index contributed by atoms with van der Waals surface area (Å²) in [5, 5.41) is 3.78. The highest BCUT2D eigenvalue weighted by molar-refractivity contribution is 7.89. The van der Waals surface area contributed by atoms with Gasteiger partial charge in [-0.15, -0.1) is 0 Å². The zero-order chi connectivity index (χ0) is 12.5. The molecule has 0 aliphatic heterocycles. The van der Waals surface area contributed by atoms with Crippen molar-refractivity contribution in [3.05, 3.63) is 24.4 Å². The van der Waals surface area contributed by atoms with Crippen molar-refractivity contribution >= 4 is 15.8 Å². The summed E-state index contributed by atoms with van der Waals surface area (Å²) in [6, 6.07) is 0. The van der Waals surface area contributed by atoms with Crippen LogP contribution in [-0.2, 0) is 23.6 Å². The van der Waals surface area contributed by atoms with Gasteiger partial charge < -0.3 is 10.7 Å². The van der Waals surface area contributed by atoms with E-state index in [-0.39, 0.29) is 17.3 Å². The molecule has 0 aromatic carbocycles. The number of sulfonamides is 1. The summed E-state index contributed by atoms with van der Waals surface area (Å²) >= 11 is 0. The third-order valence-corrected chi connectivity index (χ3v) is 3.54. The second-order valence-corrected chi connectivity index (χ2v) is 5.19. The highest BCUT2D eigenvalue weighted by Gasteiger charge is 2.20. The molecule has 0 aliphatic rings. The minimum atomic E-state index is -3.65. The van der Waals surface area contributed by atoms with Crippen LogP contribution in [0, 0.1) is 0 Å². The van der Waals surface area contributed by atoms with Gasteiger partial charge in [0.1, 0.15) is 4.90 Å². The zero-order valence-electron chi connectivity index (χ0n) is 9.08. The number of nitrogen functional groups attached to an aromatic ring is 1. The molecule has 0 saturated carbocycles. The SMILES string of the molecule is Cn1cc(S(=O)(=O)NCc2cnc[nH]2)c(N)n1. The van der Waals surface area contributed by atoms with Crippen molar-refractivity contribution in [3.8, 4) is 0 Å². The lowest BCUT2D eigenvalue weighted by Crippen LogP contribution is -2.23. The molecule has 9 heteroatoms. The number of aryl methyl sites for hydroxylation is 1. The van der Waals surface area contributed by atoms with Crippen molar-refractivity contribution < 1.29 is 8.42 Å². The van der Waals surface area contributed by atoms with E-state index in [0.29, 0.717) is 5.69 Å². The second kappa shape index (κ2) is 4.18. The van der Waals surface area contributed by atoms with Gasteiger partial charge in [-0.3, -0.25) is 4.68 Å². The van der Waals surface area contributed by atoms with Crippen LogP contribution in [0.3, 0.4) is 0 Å². The molecule has 0 atom stereocenters. The smallest absolute Gasteiger partial charge is 0.246 e. The van der Waals surface area contributed by atoms with Crippen molar-refractivity contribution in [3.63, 3.8) is 0 Å². The van der Waals surface area contributed by atoms with Crippen LogP contribution in [0.5, 0.6) is 0 Å². The standard InChI is InChI=1S/C8H12N6O2S/c1-14-4-7(8(9)13-14)17(15,16)12-3-6-2-10-5-11-6/h2,4-5,12H,3H2,1H3,(H2,9,13)(H,10,11). The maximum atomic E-state index is 11.9. The maximum absolute atomic E-state index is 11.9. The quantitative estimate of drug-likeness (QED) is 0.662. The highest BCUT2D eigenvalue weighted by atomic mass is 32.2. The Morgan fingerprint density at radius 2 is 2.35 bits per heavy atom. The van der Waals surface area contributed by atoms with Gasteiger partial charge in [-0.2, -0.15) is 5.10 Å². The summed E-state index contributed by atoms with van der Waals surface area (Å²) in [7, 11) is -2.05. The van der Waals surface area contributed by atoms with Gasteiger partial charge in [-0.25, -0.2) is 18.1 Å². The van der Waals surface area contributed by atoms with Crippen LogP contribution in [0.25, 0.3) is 0 Å². The largest absolute Gasteiger partial charge is 0.381 e. The summed E-state index contributed by atoms with van der Waals surface area (Å²) in [6.45, 7) is 0.122. The van der Waals surface area contributed by atoms with Gasteiger partial charge in [0, 0.05) is 25.1 Å². The molecule has 8 nitrogen and oxygen atoms in total. The molecule has 0 unspecified atom stereocenters. The summed E-state index contributed by atoms with van der Waals surface area (Å²) in [4.78, 5) is 6.55. The van der Waals surface area contributed by atoms with Gasteiger partial charge in [0.25, 0.3) is 0 Å². The Morgan fingerprint density at radius 1 is 1.59 bits per heavy atom. The molecule has 2 rings (SSSR count). The Hall–Kier alpha value is -1.87. The molecule has 2 heterocycles. The van der Waals surface area contributed by atoms with E-state index in [4.69, 9.17) is 5.73 Å². The van der Waals surface area contributed by atoms with Gasteiger partial charge in [-0.1, -0.05) is 0 Å². The first-order valence-corrected chi connectivity index (χ1v) is 6.23. The molecular formula is C8H12N6O2S. The van der Waals surface area contributed by atoms with Crippen LogP contribution >= 0.6 is 0 Å². The van der Waals surface area contributed by atoms with Crippen molar-refractivity contribution in [1.82, 2.24) is 24.5 Å². The number of aromatic amines is 1. The number of nitrogens with zero attached hydrogens (tertiary/aromatic N) is 3. The number of H-pyrrole nitrogens is 1. The molecule has 0 aliphatic carbocycles. The van der Waals surface area contributed by atoms with Crippen LogP contribution in [0.15, 0.2) is 23.6 Å². The number of nitrogens with two attached hydrogens (primary N) is 1. The lowest BCUT2D eigenvalue weighted by Gasteiger charge is -2.03. The summed E-state index contributed by atoms with van der Waals surface area (Å²) in [5.74, 6) is -0.0235. The van der Waals surface area contributed by atoms with E-state index in [9.17, 15) is 8.42 Å². The van der Waals surface area contributed by atoms with Crippen LogP contribution in [-0.4, -0.2) is 28.2 Å². The van der Waals surface area contributed by atoms with Crippen LogP contribution in [0.1, 0.15) is 5.69 Å². The lowest BCUT2D eigenvalue weighted by atomic mass is 10.5. The molecular weight excluding hydrogens is 244 g/mol. The fourth-order valence-corrected chi connectivity index (χ4v) is 2.43. The average Bonchev–Trinajstić information content (AvgIpc) is 2.85. The fourth-order valence-electron chi connectivity index (χ4n) is 1.32. The van der Waals surface area contributed by atoms with E-state index in [1.54, 1.807) is 7.05 Å². The Balaban J connectivity index is 2.17. The van der Waals surface area contributed by atoms with Gasteiger partial charge in [0.15, 0.2) is 5.82 Å². The lowest BCUT2D eigenvalue weighted by molar-refractivity contribution is 0.581. The minimum absolute atomic E-state index is 0.0235. The number of hydrogen-bond acceptors (Lipinski definition) is 5. The van der Waals surface area contributed by atoms with Crippen molar-refractivity contribution in [2.45, 2.75) is 11.4 Å². The topological polar surface area (TPSA) is 119 Å². The molecule has 0 spiro atoms. The minimum Gasteiger partial charge on any atom is -0.381 e. The van der Waals surface area contributed by atoms with Crippen molar-refractivity contribution in [2.75, 3.05) is 5.73 Å². The third kappa shape index (κ3) is 2.45. The monoisotopic (exact) mass is 256 g/mol. The molecule has 92 valence electrons. The summed E-state index contributed by atoms with van der Waals surface area (Å²) in [5.41, 5.74) is 6.17. The number of aromatic nitrogens is 4. The van der Waals surface area contributed by atoms with Crippen molar-refractivity contribution in [2.24, 2.45) is 7.05 Å². The predicted octanol–water partition coefficient (Wildman–Crippen LogP) is -0.796. The number of imidazole rings is 1. The normalized spacial score (nSPS) is 11.8. The molecule has 0 amide bonds. The first-order chi connectivity index (χ1) is 7.99. The van der Waals surface area contributed by atoms with Gasteiger partial charge in [0.05, 0.1) is 12.9 Å². The van der Waals surface area contributed by atoms with Crippen molar-refractivity contribution in [1.29, 1.82) is 0 Å². The Kier molecular flexibility index (Phi) is 2.86.